The second-order valence-electron chi connectivity index (χ2n) is 6.22. The van der Waals surface area contributed by atoms with Gasteiger partial charge in [0, 0.05) is 11.1 Å². The Morgan fingerprint density at radius 2 is 1.60 bits per heavy atom. The summed E-state index contributed by atoms with van der Waals surface area (Å²) in [4.78, 5) is 0. The van der Waals surface area contributed by atoms with Gasteiger partial charge in [0.15, 0.2) is 0 Å². The molecule has 0 bridgehead atoms. The van der Waals surface area contributed by atoms with Crippen molar-refractivity contribution in [2.24, 2.45) is 0 Å². The van der Waals surface area contributed by atoms with Gasteiger partial charge >= 0.3 is 0 Å². The summed E-state index contributed by atoms with van der Waals surface area (Å²) in [5.41, 5.74) is 2.80. The van der Waals surface area contributed by atoms with Crippen LogP contribution in [-0.4, -0.2) is 14.2 Å². The zero-order chi connectivity index (χ0) is 14.3. The Balaban J connectivity index is 2.47. The molecule has 1 aliphatic rings. The van der Waals surface area contributed by atoms with Crippen LogP contribution in [0.15, 0.2) is 24.3 Å². The minimum Gasteiger partial charge on any atom is -0.496 e. The van der Waals surface area contributed by atoms with Crippen molar-refractivity contribution in [1.82, 2.24) is 0 Å². The van der Waals surface area contributed by atoms with Gasteiger partial charge in [-0.25, -0.2) is 0 Å². The third-order valence-electron chi connectivity index (χ3n) is 4.56. The van der Waals surface area contributed by atoms with Gasteiger partial charge in [-0.2, -0.15) is 0 Å². The van der Waals surface area contributed by atoms with Crippen LogP contribution in [0.5, 0.6) is 11.5 Å². The Morgan fingerprint density at radius 1 is 0.950 bits per heavy atom. The van der Waals surface area contributed by atoms with Crippen molar-refractivity contribution < 1.29 is 9.47 Å². The van der Waals surface area contributed by atoms with Crippen molar-refractivity contribution in [3.63, 3.8) is 0 Å². The van der Waals surface area contributed by atoms with Crippen LogP contribution in [0, 0.1) is 0 Å². The summed E-state index contributed by atoms with van der Waals surface area (Å²) in [6.45, 7) is 4.64. The predicted octanol–water partition coefficient (Wildman–Crippen LogP) is 4.47. The zero-order valence-corrected chi connectivity index (χ0v) is 12.7. The van der Waals surface area contributed by atoms with E-state index in [-0.39, 0.29) is 5.41 Å². The molecule has 2 aromatic carbocycles. The van der Waals surface area contributed by atoms with Gasteiger partial charge in [-0.3, -0.25) is 0 Å². The number of benzene rings is 2. The lowest BCUT2D eigenvalue weighted by Gasteiger charge is -2.27. The van der Waals surface area contributed by atoms with Gasteiger partial charge in [-0.15, -0.1) is 0 Å². The highest BCUT2D eigenvalue weighted by Crippen LogP contribution is 2.46. The van der Waals surface area contributed by atoms with Gasteiger partial charge in [0.25, 0.3) is 0 Å². The topological polar surface area (TPSA) is 18.5 Å². The highest BCUT2D eigenvalue weighted by molar-refractivity contribution is 5.93. The van der Waals surface area contributed by atoms with E-state index in [1.807, 2.05) is 0 Å². The van der Waals surface area contributed by atoms with E-state index in [0.717, 1.165) is 17.9 Å². The van der Waals surface area contributed by atoms with Crippen molar-refractivity contribution in [2.75, 3.05) is 14.2 Å². The van der Waals surface area contributed by atoms with Crippen LogP contribution < -0.4 is 9.47 Å². The molecule has 3 rings (SSSR count). The standard InChI is InChI=1S/C18H22O2/c1-18(2)11-5-6-13-14(19-3)9-7-12-8-10-15(20-4)17(18)16(12)13/h7-10H,5-6,11H2,1-4H3. The molecular formula is C18H22O2. The maximum absolute atomic E-state index is 5.66. The fraction of sp³-hybridized carbons (Fsp3) is 0.444. The van der Waals surface area contributed by atoms with Crippen LogP contribution in [0.1, 0.15) is 37.8 Å². The Bertz CT molecular complexity index is 651. The van der Waals surface area contributed by atoms with Crippen LogP contribution in [0.25, 0.3) is 10.8 Å². The van der Waals surface area contributed by atoms with E-state index in [4.69, 9.17) is 9.47 Å². The number of aryl methyl sites for hydroxylation is 1. The summed E-state index contributed by atoms with van der Waals surface area (Å²) in [5, 5.41) is 2.62. The van der Waals surface area contributed by atoms with Gasteiger partial charge in [-0.05, 0) is 47.6 Å². The smallest absolute Gasteiger partial charge is 0.123 e. The number of methoxy groups -OCH3 is 2. The SMILES string of the molecule is COc1ccc2ccc(OC)c3c2c1CCCC3(C)C. The second kappa shape index (κ2) is 4.69. The van der Waals surface area contributed by atoms with Crippen molar-refractivity contribution in [2.45, 2.75) is 38.5 Å². The molecule has 2 aromatic rings. The molecule has 0 N–H and O–H groups in total. The number of hydrogen-bond donors (Lipinski definition) is 0. The van der Waals surface area contributed by atoms with Crippen molar-refractivity contribution in [3.05, 3.63) is 35.4 Å². The predicted molar refractivity (Wildman–Crippen MR) is 83.0 cm³/mol. The Kier molecular flexibility index (Phi) is 3.12. The molecule has 2 heteroatoms. The van der Waals surface area contributed by atoms with Crippen LogP contribution in [-0.2, 0) is 11.8 Å². The maximum atomic E-state index is 5.66. The molecule has 0 fully saturated rings. The summed E-state index contributed by atoms with van der Waals surface area (Å²) < 4.78 is 11.2. The summed E-state index contributed by atoms with van der Waals surface area (Å²) in [5.74, 6) is 2.00. The van der Waals surface area contributed by atoms with Gasteiger partial charge < -0.3 is 9.47 Å². The van der Waals surface area contributed by atoms with Gasteiger partial charge in [-0.1, -0.05) is 26.0 Å². The van der Waals surface area contributed by atoms with Crippen LogP contribution in [0.4, 0.5) is 0 Å². The highest BCUT2D eigenvalue weighted by atomic mass is 16.5. The quantitative estimate of drug-likeness (QED) is 0.801. The van der Waals surface area contributed by atoms with Crippen molar-refractivity contribution in [3.8, 4) is 11.5 Å². The molecule has 0 aliphatic heterocycles. The van der Waals surface area contributed by atoms with Crippen LogP contribution in [0.3, 0.4) is 0 Å². The zero-order valence-electron chi connectivity index (χ0n) is 12.7. The molecule has 1 aliphatic carbocycles. The van der Waals surface area contributed by atoms with E-state index in [0.29, 0.717) is 0 Å². The Labute approximate surface area is 120 Å². The lowest BCUT2D eigenvalue weighted by atomic mass is 9.79. The van der Waals surface area contributed by atoms with Crippen molar-refractivity contribution >= 4 is 10.8 Å². The molecule has 0 radical (unpaired) electrons. The van der Waals surface area contributed by atoms with E-state index in [1.54, 1.807) is 14.2 Å². The largest absolute Gasteiger partial charge is 0.496 e. The molecule has 0 heterocycles. The number of ether oxygens (including phenoxy) is 2. The minimum absolute atomic E-state index is 0.127. The molecule has 0 atom stereocenters. The average Bonchev–Trinajstić information content (AvgIpc) is 2.58. The first-order chi connectivity index (χ1) is 9.58. The minimum atomic E-state index is 0.127. The monoisotopic (exact) mass is 270 g/mol. The fourth-order valence-electron chi connectivity index (χ4n) is 3.57. The molecule has 0 saturated heterocycles. The molecule has 20 heavy (non-hydrogen) atoms. The molecular weight excluding hydrogens is 248 g/mol. The Hall–Kier alpha value is -1.70. The van der Waals surface area contributed by atoms with Crippen LogP contribution in [0.2, 0.25) is 0 Å². The number of rotatable bonds is 2. The summed E-state index contributed by atoms with van der Waals surface area (Å²) in [7, 11) is 3.52. The highest BCUT2D eigenvalue weighted by Gasteiger charge is 2.31. The average molecular weight is 270 g/mol. The van der Waals surface area contributed by atoms with Gasteiger partial charge in [0.05, 0.1) is 14.2 Å². The fourth-order valence-corrected chi connectivity index (χ4v) is 3.57. The van der Waals surface area contributed by atoms with E-state index >= 15 is 0 Å². The third kappa shape index (κ3) is 1.86. The Morgan fingerprint density at radius 3 is 2.25 bits per heavy atom. The van der Waals surface area contributed by atoms with Crippen LogP contribution >= 0.6 is 0 Å². The van der Waals surface area contributed by atoms with E-state index < -0.39 is 0 Å². The van der Waals surface area contributed by atoms with E-state index in [9.17, 15) is 0 Å². The first-order valence-electron chi connectivity index (χ1n) is 7.25. The molecule has 0 aromatic heterocycles. The molecule has 2 nitrogen and oxygen atoms in total. The second-order valence-corrected chi connectivity index (χ2v) is 6.22. The molecule has 0 saturated carbocycles. The lowest BCUT2D eigenvalue weighted by molar-refractivity contribution is 0.386. The normalized spacial score (nSPS) is 16.8. The summed E-state index contributed by atoms with van der Waals surface area (Å²) in [6.07, 6.45) is 3.42. The molecule has 106 valence electrons. The number of hydrogen-bond acceptors (Lipinski definition) is 2. The molecule has 0 unspecified atom stereocenters. The van der Waals surface area contributed by atoms with E-state index in [1.165, 1.54) is 34.7 Å². The van der Waals surface area contributed by atoms with Gasteiger partial charge in [0.2, 0.25) is 0 Å². The van der Waals surface area contributed by atoms with Gasteiger partial charge in [0.1, 0.15) is 11.5 Å². The summed E-state index contributed by atoms with van der Waals surface area (Å²) >= 11 is 0. The maximum Gasteiger partial charge on any atom is 0.123 e. The molecule has 0 amide bonds. The first-order valence-corrected chi connectivity index (χ1v) is 7.25. The lowest BCUT2D eigenvalue weighted by Crippen LogP contribution is -2.17. The summed E-state index contributed by atoms with van der Waals surface area (Å²) in [6, 6.07) is 8.50. The van der Waals surface area contributed by atoms with Crippen molar-refractivity contribution in [1.29, 1.82) is 0 Å². The molecule has 0 spiro atoms. The van der Waals surface area contributed by atoms with E-state index in [2.05, 4.69) is 38.1 Å². The first kappa shape index (κ1) is 13.3. The third-order valence-corrected chi connectivity index (χ3v) is 4.56.